The highest BCUT2D eigenvalue weighted by Crippen LogP contribution is 2.36. The first-order valence-corrected chi connectivity index (χ1v) is 10.8. The second-order valence-corrected chi connectivity index (χ2v) is 8.47. The molecule has 3 aromatic rings. The average Bonchev–Trinajstić information content (AvgIpc) is 3.51. The first-order chi connectivity index (χ1) is 15.6. The van der Waals surface area contributed by atoms with E-state index >= 15 is 0 Å². The molecule has 2 aliphatic rings. The molecule has 5 rings (SSSR count). The zero-order valence-electron chi connectivity index (χ0n) is 17.4. The lowest BCUT2D eigenvalue weighted by atomic mass is 10.1. The summed E-state index contributed by atoms with van der Waals surface area (Å²) in [6.07, 6.45) is 3.59. The number of nitrogens with zero attached hydrogens (tertiary/aromatic N) is 7. The Morgan fingerprint density at radius 2 is 2.06 bits per heavy atom. The van der Waals surface area contributed by atoms with Crippen LogP contribution >= 0.6 is 11.6 Å². The molecule has 0 unspecified atom stereocenters. The lowest BCUT2D eigenvalue weighted by Gasteiger charge is -2.34. The number of nitrogens with one attached hydrogen (secondary N) is 3. The van der Waals surface area contributed by atoms with E-state index in [0.717, 1.165) is 38.2 Å². The van der Waals surface area contributed by atoms with E-state index in [1.165, 1.54) is 10.7 Å². The third-order valence-electron chi connectivity index (χ3n) is 5.54. The van der Waals surface area contributed by atoms with Crippen molar-refractivity contribution < 1.29 is 0 Å². The Hall–Kier alpha value is -3.60. The SMILES string of the molecule is C[C@@H]1CN(c2cc(C#N)cc(Nc3nc(NC4CC4)n4ncc(C#N)c4n3)c2Cl)CCN1. The van der Waals surface area contributed by atoms with Crippen molar-refractivity contribution in [3.63, 3.8) is 0 Å². The molecule has 0 bridgehead atoms. The lowest BCUT2D eigenvalue weighted by molar-refractivity contribution is 0.485. The van der Waals surface area contributed by atoms with Gasteiger partial charge in [0.2, 0.25) is 11.9 Å². The number of hydrogen-bond donors (Lipinski definition) is 3. The average molecular weight is 449 g/mol. The predicted molar refractivity (Wildman–Crippen MR) is 121 cm³/mol. The van der Waals surface area contributed by atoms with E-state index in [0.29, 0.717) is 45.5 Å². The van der Waals surface area contributed by atoms with Crippen molar-refractivity contribution in [2.45, 2.75) is 31.8 Å². The molecule has 0 amide bonds. The van der Waals surface area contributed by atoms with Gasteiger partial charge in [-0.3, -0.25) is 0 Å². The van der Waals surface area contributed by atoms with Gasteiger partial charge in [-0.25, -0.2) is 0 Å². The van der Waals surface area contributed by atoms with Crippen LogP contribution in [0.3, 0.4) is 0 Å². The Kier molecular flexibility index (Phi) is 5.17. The topological polar surface area (TPSA) is 130 Å². The number of anilines is 4. The van der Waals surface area contributed by atoms with E-state index in [9.17, 15) is 10.5 Å². The normalized spacial score (nSPS) is 18.2. The fourth-order valence-electron chi connectivity index (χ4n) is 3.78. The second kappa shape index (κ2) is 8.15. The fraction of sp³-hybridized carbons (Fsp3) is 0.381. The Balaban J connectivity index is 1.55. The third-order valence-corrected chi connectivity index (χ3v) is 5.93. The third kappa shape index (κ3) is 3.86. The van der Waals surface area contributed by atoms with E-state index in [2.05, 4.69) is 55.0 Å². The highest BCUT2D eigenvalue weighted by Gasteiger charge is 2.25. The van der Waals surface area contributed by atoms with Crippen molar-refractivity contribution in [1.82, 2.24) is 24.9 Å². The zero-order chi connectivity index (χ0) is 22.2. The van der Waals surface area contributed by atoms with Gasteiger partial charge in [0.05, 0.1) is 34.2 Å². The molecule has 1 saturated heterocycles. The highest BCUT2D eigenvalue weighted by molar-refractivity contribution is 6.36. The summed E-state index contributed by atoms with van der Waals surface area (Å²) in [5, 5.41) is 33.7. The van der Waals surface area contributed by atoms with Crippen LogP contribution in [0.15, 0.2) is 18.3 Å². The molecular formula is C21H21ClN10. The summed E-state index contributed by atoms with van der Waals surface area (Å²) in [7, 11) is 0. The van der Waals surface area contributed by atoms with E-state index in [4.69, 9.17) is 11.6 Å². The molecule has 32 heavy (non-hydrogen) atoms. The summed E-state index contributed by atoms with van der Waals surface area (Å²) < 4.78 is 1.53. The van der Waals surface area contributed by atoms with Crippen molar-refractivity contribution in [3.05, 3.63) is 34.5 Å². The predicted octanol–water partition coefficient (Wildman–Crippen LogP) is 2.64. The summed E-state index contributed by atoms with van der Waals surface area (Å²) in [6.45, 7) is 4.53. The monoisotopic (exact) mass is 448 g/mol. The van der Waals surface area contributed by atoms with Gasteiger partial charge in [-0.2, -0.15) is 30.1 Å². The van der Waals surface area contributed by atoms with Crippen LogP contribution < -0.4 is 20.9 Å². The van der Waals surface area contributed by atoms with Gasteiger partial charge in [-0.1, -0.05) is 11.6 Å². The van der Waals surface area contributed by atoms with Gasteiger partial charge in [-0.15, -0.1) is 0 Å². The van der Waals surface area contributed by atoms with Gasteiger partial charge in [0, 0.05) is 31.7 Å². The highest BCUT2D eigenvalue weighted by atomic mass is 35.5. The first kappa shape index (κ1) is 20.3. The summed E-state index contributed by atoms with van der Waals surface area (Å²) in [6, 6.07) is 8.46. The molecule has 10 nitrogen and oxygen atoms in total. The van der Waals surface area contributed by atoms with Gasteiger partial charge in [-0.05, 0) is 31.9 Å². The van der Waals surface area contributed by atoms with Crippen LogP contribution in [0.25, 0.3) is 5.65 Å². The fourth-order valence-corrected chi connectivity index (χ4v) is 4.06. The zero-order valence-corrected chi connectivity index (χ0v) is 18.2. The Morgan fingerprint density at radius 3 is 2.78 bits per heavy atom. The minimum atomic E-state index is 0.272. The van der Waals surface area contributed by atoms with Gasteiger partial charge in [0.15, 0.2) is 5.65 Å². The largest absolute Gasteiger partial charge is 0.367 e. The van der Waals surface area contributed by atoms with Crippen LogP contribution in [-0.2, 0) is 0 Å². The number of aromatic nitrogens is 4. The molecule has 0 spiro atoms. The van der Waals surface area contributed by atoms with E-state index in [1.54, 1.807) is 12.1 Å². The van der Waals surface area contributed by atoms with E-state index < -0.39 is 0 Å². The van der Waals surface area contributed by atoms with E-state index in [-0.39, 0.29) is 5.95 Å². The minimum absolute atomic E-state index is 0.272. The van der Waals surface area contributed by atoms with Crippen molar-refractivity contribution in [2.24, 2.45) is 0 Å². The van der Waals surface area contributed by atoms with Crippen LogP contribution in [0.5, 0.6) is 0 Å². The van der Waals surface area contributed by atoms with Crippen molar-refractivity contribution in [2.75, 3.05) is 35.2 Å². The van der Waals surface area contributed by atoms with Crippen molar-refractivity contribution in [3.8, 4) is 12.1 Å². The molecule has 3 heterocycles. The maximum atomic E-state index is 9.59. The standard InChI is InChI=1S/C21H21ClN10/c1-12-11-31(5-4-25-12)17-7-13(8-23)6-16(18(17)22)28-20-29-19-14(9-24)10-26-32(19)21(30-20)27-15-2-3-15/h6-7,10,12,15,25H,2-5,11H2,1H3,(H2,27,28,29,30)/t12-/m1/s1. The smallest absolute Gasteiger partial charge is 0.232 e. The quantitative estimate of drug-likeness (QED) is 0.539. The van der Waals surface area contributed by atoms with Crippen molar-refractivity contribution >= 4 is 40.5 Å². The number of halogens is 1. The molecule has 1 aliphatic carbocycles. The number of benzene rings is 1. The number of nitriles is 2. The van der Waals surface area contributed by atoms with Gasteiger partial charge < -0.3 is 20.9 Å². The van der Waals surface area contributed by atoms with E-state index in [1.807, 2.05) is 0 Å². The van der Waals surface area contributed by atoms with Gasteiger partial charge in [0.1, 0.15) is 11.6 Å². The number of piperazine rings is 1. The summed E-state index contributed by atoms with van der Waals surface area (Å²) in [4.78, 5) is 11.2. The molecule has 11 heteroatoms. The van der Waals surface area contributed by atoms with Crippen molar-refractivity contribution in [1.29, 1.82) is 10.5 Å². The van der Waals surface area contributed by atoms with Gasteiger partial charge in [0.25, 0.3) is 0 Å². The molecule has 0 radical (unpaired) electrons. The molecule has 1 saturated carbocycles. The number of fused-ring (bicyclic) bond motifs is 1. The summed E-state index contributed by atoms with van der Waals surface area (Å²) in [5.41, 5.74) is 2.56. The molecule has 162 valence electrons. The molecule has 3 N–H and O–H groups in total. The summed E-state index contributed by atoms with van der Waals surface area (Å²) >= 11 is 6.78. The van der Waals surface area contributed by atoms with Crippen LogP contribution in [0.4, 0.5) is 23.3 Å². The Labute approximate surface area is 189 Å². The molecule has 1 aromatic carbocycles. The first-order valence-electron chi connectivity index (χ1n) is 10.5. The van der Waals surface area contributed by atoms with Crippen LogP contribution in [0.2, 0.25) is 5.02 Å². The summed E-state index contributed by atoms with van der Waals surface area (Å²) in [5.74, 6) is 0.777. The molecule has 2 aromatic heterocycles. The Morgan fingerprint density at radius 1 is 1.22 bits per heavy atom. The maximum absolute atomic E-state index is 9.59. The van der Waals surface area contributed by atoms with Gasteiger partial charge >= 0.3 is 0 Å². The molecule has 1 atom stereocenters. The molecule has 1 aliphatic heterocycles. The second-order valence-electron chi connectivity index (χ2n) is 8.09. The van der Waals surface area contributed by atoms with Crippen LogP contribution in [0.1, 0.15) is 30.9 Å². The lowest BCUT2D eigenvalue weighted by Crippen LogP contribution is -2.49. The number of hydrogen-bond acceptors (Lipinski definition) is 9. The Bertz CT molecular complexity index is 1270. The maximum Gasteiger partial charge on any atom is 0.232 e. The van der Waals surface area contributed by atoms with Crippen LogP contribution in [0, 0.1) is 22.7 Å². The molecular weight excluding hydrogens is 428 g/mol. The number of rotatable bonds is 5. The molecule has 2 fully saturated rings. The van der Waals surface area contributed by atoms with Crippen LogP contribution in [-0.4, -0.2) is 51.3 Å². The minimum Gasteiger partial charge on any atom is -0.367 e.